The summed E-state index contributed by atoms with van der Waals surface area (Å²) in [5.74, 6) is 2.38. The fraction of sp³-hybridized carbons (Fsp3) is 1.00. The van der Waals surface area contributed by atoms with Crippen LogP contribution in [0.15, 0.2) is 0 Å². The highest BCUT2D eigenvalue weighted by atomic mass is 32.2. The fourth-order valence-electron chi connectivity index (χ4n) is 0.946. The first-order valence-electron chi connectivity index (χ1n) is 6.79. The van der Waals surface area contributed by atoms with Crippen molar-refractivity contribution >= 4 is 11.8 Å². The Bertz CT molecular complexity index is 105. The van der Waals surface area contributed by atoms with Crippen LogP contribution < -0.4 is 22.9 Å². The molecule has 0 aromatic carbocycles. The molecular weight excluding hydrogens is 248 g/mol. The SMILES string of the molecule is NCCCOCCCN.NCCCSCCCN. The van der Waals surface area contributed by atoms with Crippen molar-refractivity contribution in [1.82, 2.24) is 0 Å². The van der Waals surface area contributed by atoms with Crippen molar-refractivity contribution in [2.75, 3.05) is 50.9 Å². The van der Waals surface area contributed by atoms with Gasteiger partial charge in [0, 0.05) is 13.2 Å². The zero-order valence-electron chi connectivity index (χ0n) is 11.6. The van der Waals surface area contributed by atoms with Gasteiger partial charge in [0.1, 0.15) is 0 Å². The van der Waals surface area contributed by atoms with Crippen LogP contribution in [0.4, 0.5) is 0 Å². The average molecular weight is 280 g/mol. The average Bonchev–Trinajstić information content (AvgIpc) is 2.39. The lowest BCUT2D eigenvalue weighted by Crippen LogP contribution is -2.08. The van der Waals surface area contributed by atoms with Crippen LogP contribution in [0.5, 0.6) is 0 Å². The van der Waals surface area contributed by atoms with Gasteiger partial charge in [0.25, 0.3) is 0 Å². The van der Waals surface area contributed by atoms with Crippen molar-refractivity contribution in [2.24, 2.45) is 22.9 Å². The summed E-state index contributed by atoms with van der Waals surface area (Å²) >= 11 is 1.94. The molecule has 0 aliphatic rings. The smallest absolute Gasteiger partial charge is 0.0478 e. The van der Waals surface area contributed by atoms with Gasteiger partial charge in [-0.25, -0.2) is 0 Å². The summed E-state index contributed by atoms with van der Waals surface area (Å²) in [6.07, 6.45) is 4.17. The molecule has 0 spiro atoms. The molecule has 0 atom stereocenters. The van der Waals surface area contributed by atoms with Crippen molar-refractivity contribution in [2.45, 2.75) is 25.7 Å². The molecular formula is C12H32N4OS. The van der Waals surface area contributed by atoms with E-state index in [9.17, 15) is 0 Å². The third-order valence-electron chi connectivity index (χ3n) is 1.97. The van der Waals surface area contributed by atoms with Gasteiger partial charge in [-0.05, 0) is 63.4 Å². The predicted octanol–water partition coefficient (Wildman–Crippen LogP) is 0.118. The first kappa shape index (κ1) is 20.5. The van der Waals surface area contributed by atoms with Crippen LogP contribution >= 0.6 is 11.8 Å². The molecule has 0 aliphatic heterocycles. The van der Waals surface area contributed by atoms with Crippen LogP contribution in [0.2, 0.25) is 0 Å². The summed E-state index contributed by atoms with van der Waals surface area (Å²) in [6, 6.07) is 0. The Balaban J connectivity index is 0. The molecule has 0 saturated heterocycles. The first-order chi connectivity index (χ1) is 8.83. The van der Waals surface area contributed by atoms with Gasteiger partial charge in [0.2, 0.25) is 0 Å². The molecule has 0 fully saturated rings. The summed E-state index contributed by atoms with van der Waals surface area (Å²) < 4.78 is 5.15. The highest BCUT2D eigenvalue weighted by Gasteiger charge is 1.86. The van der Waals surface area contributed by atoms with Crippen molar-refractivity contribution in [3.05, 3.63) is 0 Å². The van der Waals surface area contributed by atoms with E-state index in [1.807, 2.05) is 11.8 Å². The van der Waals surface area contributed by atoms with Gasteiger partial charge in [-0.3, -0.25) is 0 Å². The van der Waals surface area contributed by atoms with Crippen molar-refractivity contribution in [1.29, 1.82) is 0 Å². The van der Waals surface area contributed by atoms with E-state index in [1.54, 1.807) is 0 Å². The number of hydrogen-bond acceptors (Lipinski definition) is 6. The van der Waals surface area contributed by atoms with Crippen molar-refractivity contribution in [3.63, 3.8) is 0 Å². The maximum atomic E-state index is 5.31. The molecule has 0 rings (SSSR count). The van der Waals surface area contributed by atoms with Crippen LogP contribution in [-0.2, 0) is 4.74 Å². The van der Waals surface area contributed by atoms with E-state index in [0.717, 1.165) is 52.0 Å². The monoisotopic (exact) mass is 280 g/mol. The Morgan fingerprint density at radius 2 is 1.00 bits per heavy atom. The molecule has 18 heavy (non-hydrogen) atoms. The maximum absolute atomic E-state index is 5.31. The minimum atomic E-state index is 0.711. The van der Waals surface area contributed by atoms with Crippen LogP contribution in [0.3, 0.4) is 0 Å². The second kappa shape index (κ2) is 22.3. The zero-order chi connectivity index (χ0) is 13.9. The van der Waals surface area contributed by atoms with Crippen LogP contribution in [0.1, 0.15) is 25.7 Å². The minimum Gasteiger partial charge on any atom is -0.381 e. The van der Waals surface area contributed by atoms with Gasteiger partial charge in [0.15, 0.2) is 0 Å². The molecule has 0 saturated carbocycles. The number of ether oxygens (including phenoxy) is 1. The quantitative estimate of drug-likeness (QED) is 0.378. The Morgan fingerprint density at radius 1 is 0.611 bits per heavy atom. The number of hydrogen-bond donors (Lipinski definition) is 4. The second-order valence-electron chi connectivity index (χ2n) is 3.79. The van der Waals surface area contributed by atoms with Gasteiger partial charge in [0.05, 0.1) is 0 Å². The highest BCUT2D eigenvalue weighted by molar-refractivity contribution is 7.99. The topological polar surface area (TPSA) is 113 Å². The van der Waals surface area contributed by atoms with Gasteiger partial charge in [-0.1, -0.05) is 0 Å². The van der Waals surface area contributed by atoms with Crippen LogP contribution in [-0.4, -0.2) is 50.9 Å². The Labute approximate surface area is 116 Å². The van der Waals surface area contributed by atoms with Crippen molar-refractivity contribution < 1.29 is 4.74 Å². The fourth-order valence-corrected chi connectivity index (χ4v) is 1.89. The van der Waals surface area contributed by atoms with E-state index < -0.39 is 0 Å². The molecule has 0 heterocycles. The minimum absolute atomic E-state index is 0.711. The van der Waals surface area contributed by atoms with E-state index in [2.05, 4.69) is 0 Å². The highest BCUT2D eigenvalue weighted by Crippen LogP contribution is 2.02. The molecule has 6 heteroatoms. The Morgan fingerprint density at radius 3 is 1.33 bits per heavy atom. The van der Waals surface area contributed by atoms with Crippen LogP contribution in [0.25, 0.3) is 0 Å². The summed E-state index contributed by atoms with van der Waals surface area (Å²) in [6.45, 7) is 4.60. The molecule has 0 amide bonds. The molecule has 0 bridgehead atoms. The van der Waals surface area contributed by atoms with E-state index in [0.29, 0.717) is 13.1 Å². The van der Waals surface area contributed by atoms with E-state index in [1.165, 1.54) is 11.5 Å². The van der Waals surface area contributed by atoms with Gasteiger partial charge < -0.3 is 27.7 Å². The summed E-state index contributed by atoms with van der Waals surface area (Å²) in [5, 5.41) is 0. The Kier molecular flexibility index (Phi) is 25.4. The summed E-state index contributed by atoms with van der Waals surface area (Å²) in [7, 11) is 0. The first-order valence-corrected chi connectivity index (χ1v) is 7.94. The van der Waals surface area contributed by atoms with Crippen molar-refractivity contribution in [3.8, 4) is 0 Å². The van der Waals surface area contributed by atoms with Gasteiger partial charge >= 0.3 is 0 Å². The standard InChI is InChI=1S/C6H16N2O.C6H16N2S/c2*7-3-1-5-9-6-2-4-8/h2*1-8H2. The molecule has 0 radical (unpaired) electrons. The third kappa shape index (κ3) is 25.1. The maximum Gasteiger partial charge on any atom is 0.0478 e. The van der Waals surface area contributed by atoms with Crippen LogP contribution in [0, 0.1) is 0 Å². The molecule has 0 aromatic heterocycles. The van der Waals surface area contributed by atoms with E-state index >= 15 is 0 Å². The largest absolute Gasteiger partial charge is 0.381 e. The lowest BCUT2D eigenvalue weighted by atomic mass is 10.4. The Hall–Kier alpha value is 0.150. The number of nitrogens with two attached hydrogens (primary N) is 4. The van der Waals surface area contributed by atoms with E-state index in [-0.39, 0.29) is 0 Å². The summed E-state index contributed by atoms with van der Waals surface area (Å²) in [4.78, 5) is 0. The lowest BCUT2D eigenvalue weighted by Gasteiger charge is -1.99. The van der Waals surface area contributed by atoms with Gasteiger partial charge in [-0.2, -0.15) is 11.8 Å². The predicted molar refractivity (Wildman–Crippen MR) is 82.8 cm³/mol. The molecule has 0 aliphatic carbocycles. The molecule has 5 nitrogen and oxygen atoms in total. The second-order valence-corrected chi connectivity index (χ2v) is 5.02. The zero-order valence-corrected chi connectivity index (χ0v) is 12.4. The number of thioether (sulfide) groups is 1. The van der Waals surface area contributed by atoms with E-state index in [4.69, 9.17) is 27.7 Å². The van der Waals surface area contributed by atoms with Gasteiger partial charge in [-0.15, -0.1) is 0 Å². The molecule has 8 N–H and O–H groups in total. The number of rotatable bonds is 12. The summed E-state index contributed by atoms with van der Waals surface area (Å²) in [5.41, 5.74) is 21.1. The lowest BCUT2D eigenvalue weighted by molar-refractivity contribution is 0.132. The molecule has 112 valence electrons. The molecule has 0 unspecified atom stereocenters. The molecule has 0 aromatic rings. The normalized spacial score (nSPS) is 10.0. The third-order valence-corrected chi connectivity index (χ3v) is 3.13.